The second kappa shape index (κ2) is 7.89. The van der Waals surface area contributed by atoms with Crippen LogP contribution in [-0.2, 0) is 0 Å². The van der Waals surface area contributed by atoms with Crippen LogP contribution in [0.1, 0.15) is 18.6 Å². The van der Waals surface area contributed by atoms with Crippen molar-refractivity contribution in [3.8, 4) is 5.75 Å². The molecule has 1 rings (SSSR count). The van der Waals surface area contributed by atoms with E-state index in [2.05, 4.69) is 4.74 Å². The van der Waals surface area contributed by atoms with E-state index in [9.17, 15) is 62.2 Å². The predicted molar refractivity (Wildman–Crippen MR) is 77.9 cm³/mol. The van der Waals surface area contributed by atoms with E-state index in [4.69, 9.17) is 0 Å². The summed E-state index contributed by atoms with van der Waals surface area (Å²) in [5.41, 5.74) is -0.655. The molecule has 0 saturated heterocycles. The normalized spacial score (nSPS) is 16.8. The van der Waals surface area contributed by atoms with Crippen molar-refractivity contribution < 1.29 is 66.9 Å². The van der Waals surface area contributed by atoms with Gasteiger partial charge in [0.15, 0.2) is 0 Å². The van der Waals surface area contributed by atoms with E-state index in [0.29, 0.717) is 0 Å². The van der Waals surface area contributed by atoms with Gasteiger partial charge >= 0.3 is 35.8 Å². The molecule has 0 aliphatic heterocycles. The minimum Gasteiger partial charge on any atom is -0.497 e. The van der Waals surface area contributed by atoms with Gasteiger partial charge in [-0.2, -0.15) is 57.1 Å². The van der Waals surface area contributed by atoms with E-state index in [1.807, 2.05) is 0 Å². The number of ether oxygens (including phenoxy) is 1. The standard InChI is InChI=1S/C16H13F13O2/c1-7(10(30)8-4-3-5-9(6-8)31-2)11(17,18)12(19,20)13(21,22)14(23,24)15(25,26)16(27,28)29/h3-7,10,30H,1-2H3. The number of rotatable bonds is 8. The number of hydrogen-bond donors (Lipinski definition) is 1. The molecule has 1 aromatic rings. The summed E-state index contributed by atoms with van der Waals surface area (Å²) in [4.78, 5) is 0. The van der Waals surface area contributed by atoms with E-state index in [1.165, 1.54) is 6.07 Å². The molecule has 0 aromatic heterocycles. The summed E-state index contributed by atoms with van der Waals surface area (Å²) < 4.78 is 176. The van der Waals surface area contributed by atoms with Crippen LogP contribution in [0.25, 0.3) is 0 Å². The first kappa shape index (κ1) is 27.1. The Morgan fingerprint density at radius 3 is 1.61 bits per heavy atom. The maximum atomic E-state index is 14.1. The molecule has 1 aromatic carbocycles. The molecular formula is C16H13F13O2. The SMILES string of the molecule is COc1cccc(C(O)C(C)C(F)(F)C(F)(F)C(F)(F)C(F)(F)C(F)(F)C(F)(F)F)c1. The summed E-state index contributed by atoms with van der Waals surface area (Å²) in [6, 6.07) is 3.82. The van der Waals surface area contributed by atoms with Crippen LogP contribution in [0.4, 0.5) is 57.1 Å². The highest BCUT2D eigenvalue weighted by Crippen LogP contribution is 2.61. The van der Waals surface area contributed by atoms with Crippen LogP contribution in [0.3, 0.4) is 0 Å². The van der Waals surface area contributed by atoms with Gasteiger partial charge in [0.2, 0.25) is 0 Å². The molecule has 0 aliphatic carbocycles. The van der Waals surface area contributed by atoms with Gasteiger partial charge in [0.25, 0.3) is 0 Å². The topological polar surface area (TPSA) is 29.5 Å². The molecule has 0 heterocycles. The Morgan fingerprint density at radius 1 is 0.742 bits per heavy atom. The molecule has 2 nitrogen and oxygen atoms in total. The maximum Gasteiger partial charge on any atom is 0.460 e. The van der Waals surface area contributed by atoms with E-state index in [0.717, 1.165) is 25.3 Å². The molecule has 180 valence electrons. The van der Waals surface area contributed by atoms with E-state index < -0.39 is 53.4 Å². The van der Waals surface area contributed by atoms with Crippen LogP contribution >= 0.6 is 0 Å². The summed E-state index contributed by atoms with van der Waals surface area (Å²) in [5.74, 6) is -41.0. The molecule has 0 spiro atoms. The van der Waals surface area contributed by atoms with Crippen molar-refractivity contribution in [3.63, 3.8) is 0 Å². The molecule has 0 bridgehead atoms. The number of aliphatic hydroxyl groups excluding tert-OH is 1. The number of benzene rings is 1. The molecule has 0 radical (unpaired) electrons. The number of hydrogen-bond acceptors (Lipinski definition) is 2. The predicted octanol–water partition coefficient (Wildman–Crippen LogP) is 6.10. The average Bonchev–Trinajstić information content (AvgIpc) is 2.65. The van der Waals surface area contributed by atoms with Gasteiger partial charge in [-0.3, -0.25) is 0 Å². The van der Waals surface area contributed by atoms with Crippen LogP contribution in [0, 0.1) is 5.92 Å². The fraction of sp³-hybridized carbons (Fsp3) is 0.625. The molecule has 15 heteroatoms. The van der Waals surface area contributed by atoms with Gasteiger partial charge in [0, 0.05) is 0 Å². The molecule has 2 unspecified atom stereocenters. The monoisotopic (exact) mass is 484 g/mol. The van der Waals surface area contributed by atoms with Crippen molar-refractivity contribution in [1.82, 2.24) is 0 Å². The van der Waals surface area contributed by atoms with E-state index in [1.54, 1.807) is 0 Å². The lowest BCUT2D eigenvalue weighted by molar-refractivity contribution is -0.444. The Bertz CT molecular complexity index is 773. The molecule has 0 aliphatic rings. The van der Waals surface area contributed by atoms with E-state index in [-0.39, 0.29) is 12.7 Å². The lowest BCUT2D eigenvalue weighted by Gasteiger charge is -2.42. The Labute approximate surface area is 165 Å². The van der Waals surface area contributed by atoms with Crippen molar-refractivity contribution in [1.29, 1.82) is 0 Å². The number of alkyl halides is 13. The highest BCUT2D eigenvalue weighted by Gasteiger charge is 2.91. The lowest BCUT2D eigenvalue weighted by atomic mass is 9.83. The summed E-state index contributed by atoms with van der Waals surface area (Å²) in [7, 11) is 1.06. The second-order valence-corrected chi connectivity index (χ2v) is 6.43. The lowest BCUT2D eigenvalue weighted by Crippen LogP contribution is -2.71. The van der Waals surface area contributed by atoms with Crippen LogP contribution < -0.4 is 4.74 Å². The van der Waals surface area contributed by atoms with Gasteiger partial charge in [-0.1, -0.05) is 19.1 Å². The Kier molecular flexibility index (Phi) is 6.90. The maximum absolute atomic E-state index is 14.1. The second-order valence-electron chi connectivity index (χ2n) is 6.43. The zero-order valence-corrected chi connectivity index (χ0v) is 15.2. The Morgan fingerprint density at radius 2 is 1.19 bits per heavy atom. The van der Waals surface area contributed by atoms with Gasteiger partial charge in [-0.15, -0.1) is 0 Å². The zero-order chi connectivity index (χ0) is 24.8. The highest BCUT2D eigenvalue weighted by molar-refractivity contribution is 5.30. The molecule has 0 saturated carbocycles. The zero-order valence-electron chi connectivity index (χ0n) is 15.2. The number of methoxy groups -OCH3 is 1. The molecular weight excluding hydrogens is 471 g/mol. The first-order valence-electron chi connectivity index (χ1n) is 7.89. The van der Waals surface area contributed by atoms with Crippen molar-refractivity contribution in [3.05, 3.63) is 29.8 Å². The quantitative estimate of drug-likeness (QED) is 0.452. The van der Waals surface area contributed by atoms with Crippen LogP contribution in [0.2, 0.25) is 0 Å². The number of aliphatic hydroxyl groups is 1. The van der Waals surface area contributed by atoms with Crippen LogP contribution in [-0.4, -0.2) is 48.0 Å². The van der Waals surface area contributed by atoms with Gasteiger partial charge in [0.05, 0.1) is 19.1 Å². The summed E-state index contributed by atoms with van der Waals surface area (Å²) >= 11 is 0. The minimum atomic E-state index is -7.98. The number of halogens is 13. The smallest absolute Gasteiger partial charge is 0.460 e. The third-order valence-corrected chi connectivity index (χ3v) is 4.44. The van der Waals surface area contributed by atoms with Crippen LogP contribution in [0.15, 0.2) is 24.3 Å². The molecule has 0 fully saturated rings. The van der Waals surface area contributed by atoms with Crippen molar-refractivity contribution in [2.45, 2.75) is 48.8 Å². The minimum absolute atomic E-state index is 0.0197. The van der Waals surface area contributed by atoms with Crippen molar-refractivity contribution in [2.24, 2.45) is 5.92 Å². The summed E-state index contributed by atoms with van der Waals surface area (Å²) in [5, 5.41) is 9.84. The van der Waals surface area contributed by atoms with Gasteiger partial charge in [0.1, 0.15) is 5.75 Å². The van der Waals surface area contributed by atoms with E-state index >= 15 is 0 Å². The fourth-order valence-corrected chi connectivity index (χ4v) is 2.38. The Balaban J connectivity index is 3.47. The largest absolute Gasteiger partial charge is 0.497 e. The highest BCUT2D eigenvalue weighted by atomic mass is 19.4. The summed E-state index contributed by atoms with van der Waals surface area (Å²) in [6.45, 7) is -0.0197. The molecule has 1 N–H and O–H groups in total. The molecule has 2 atom stereocenters. The molecule has 31 heavy (non-hydrogen) atoms. The fourth-order valence-electron chi connectivity index (χ4n) is 2.38. The summed E-state index contributed by atoms with van der Waals surface area (Å²) in [6.07, 6.45) is -10.2. The molecule has 0 amide bonds. The van der Waals surface area contributed by atoms with Crippen molar-refractivity contribution in [2.75, 3.05) is 7.11 Å². The third kappa shape index (κ3) is 4.00. The van der Waals surface area contributed by atoms with Crippen LogP contribution in [0.5, 0.6) is 5.75 Å². The first-order chi connectivity index (χ1) is 13.6. The first-order valence-corrected chi connectivity index (χ1v) is 7.89. The van der Waals surface area contributed by atoms with Crippen molar-refractivity contribution >= 4 is 0 Å². The Hall–Kier alpha value is -1.93. The average molecular weight is 484 g/mol. The van der Waals surface area contributed by atoms with Gasteiger partial charge < -0.3 is 9.84 Å². The van der Waals surface area contributed by atoms with Gasteiger partial charge in [-0.05, 0) is 17.7 Å². The van der Waals surface area contributed by atoms with Gasteiger partial charge in [-0.25, -0.2) is 0 Å². The third-order valence-electron chi connectivity index (χ3n) is 4.44.